The first-order valence-corrected chi connectivity index (χ1v) is 9.85. The second kappa shape index (κ2) is 8.67. The largest absolute Gasteiger partial charge is 0.342 e. The maximum atomic E-state index is 12.8. The van der Waals surface area contributed by atoms with Crippen molar-refractivity contribution in [2.45, 2.75) is 26.7 Å². The molecule has 0 spiro atoms. The molecule has 1 aromatic rings. The topological polar surface area (TPSA) is 43.9 Å². The fourth-order valence-electron chi connectivity index (χ4n) is 3.99. The molecule has 142 valence electrons. The SMILES string of the molecule is CC(C)CN1CCN(C(=O)[C@@H]2CC(=O)N(CCc3ccccc3)C2)CC1. The number of rotatable bonds is 6. The van der Waals surface area contributed by atoms with Gasteiger partial charge in [-0.15, -0.1) is 0 Å². The van der Waals surface area contributed by atoms with E-state index in [0.717, 1.165) is 39.1 Å². The van der Waals surface area contributed by atoms with Gasteiger partial charge in [-0.3, -0.25) is 14.5 Å². The molecule has 2 saturated heterocycles. The zero-order chi connectivity index (χ0) is 18.5. The summed E-state index contributed by atoms with van der Waals surface area (Å²) in [5.41, 5.74) is 1.23. The predicted octanol–water partition coefficient (Wildman–Crippen LogP) is 1.88. The molecule has 1 atom stereocenters. The Labute approximate surface area is 156 Å². The normalized spacial score (nSPS) is 21.7. The number of benzene rings is 1. The van der Waals surface area contributed by atoms with Crippen molar-refractivity contribution in [1.29, 1.82) is 0 Å². The van der Waals surface area contributed by atoms with Gasteiger partial charge in [-0.25, -0.2) is 0 Å². The number of likely N-dealkylation sites (tertiary alicyclic amines) is 1. The van der Waals surface area contributed by atoms with Gasteiger partial charge in [-0.2, -0.15) is 0 Å². The molecule has 0 aliphatic carbocycles. The molecule has 5 heteroatoms. The van der Waals surface area contributed by atoms with Crippen molar-refractivity contribution in [3.05, 3.63) is 35.9 Å². The molecule has 5 nitrogen and oxygen atoms in total. The van der Waals surface area contributed by atoms with E-state index in [2.05, 4.69) is 30.9 Å². The molecule has 2 aliphatic heterocycles. The van der Waals surface area contributed by atoms with Crippen LogP contribution in [0.25, 0.3) is 0 Å². The van der Waals surface area contributed by atoms with Gasteiger partial charge in [0, 0.05) is 52.2 Å². The molecule has 1 aromatic carbocycles. The summed E-state index contributed by atoms with van der Waals surface area (Å²) >= 11 is 0. The van der Waals surface area contributed by atoms with Crippen LogP contribution in [0.2, 0.25) is 0 Å². The van der Waals surface area contributed by atoms with E-state index in [1.165, 1.54) is 5.56 Å². The number of hydrogen-bond acceptors (Lipinski definition) is 3. The van der Waals surface area contributed by atoms with E-state index in [1.54, 1.807) is 0 Å². The van der Waals surface area contributed by atoms with E-state index in [1.807, 2.05) is 28.0 Å². The number of piperazine rings is 1. The van der Waals surface area contributed by atoms with Crippen LogP contribution < -0.4 is 0 Å². The monoisotopic (exact) mass is 357 g/mol. The smallest absolute Gasteiger partial charge is 0.228 e. The molecule has 0 aromatic heterocycles. The molecular weight excluding hydrogens is 326 g/mol. The van der Waals surface area contributed by atoms with Crippen LogP contribution in [0.1, 0.15) is 25.8 Å². The summed E-state index contributed by atoms with van der Waals surface area (Å²) in [5.74, 6) is 0.792. The Balaban J connectivity index is 1.46. The van der Waals surface area contributed by atoms with Crippen LogP contribution in [0.15, 0.2) is 30.3 Å². The Bertz CT molecular complexity index is 609. The highest BCUT2D eigenvalue weighted by Crippen LogP contribution is 2.21. The highest BCUT2D eigenvalue weighted by molar-refractivity contribution is 5.89. The average Bonchev–Trinajstić information content (AvgIpc) is 3.01. The second-order valence-corrected chi connectivity index (χ2v) is 8.00. The quantitative estimate of drug-likeness (QED) is 0.781. The first-order valence-electron chi connectivity index (χ1n) is 9.85. The Kier molecular flexibility index (Phi) is 6.30. The second-order valence-electron chi connectivity index (χ2n) is 8.00. The van der Waals surface area contributed by atoms with E-state index in [-0.39, 0.29) is 17.7 Å². The van der Waals surface area contributed by atoms with Gasteiger partial charge < -0.3 is 9.80 Å². The molecule has 0 N–H and O–H groups in total. The van der Waals surface area contributed by atoms with Crippen molar-refractivity contribution in [2.24, 2.45) is 11.8 Å². The zero-order valence-corrected chi connectivity index (χ0v) is 16.1. The molecule has 2 amide bonds. The molecular formula is C21H31N3O2. The third kappa shape index (κ3) is 4.85. The van der Waals surface area contributed by atoms with Crippen molar-refractivity contribution in [2.75, 3.05) is 45.8 Å². The van der Waals surface area contributed by atoms with Crippen LogP contribution >= 0.6 is 0 Å². The minimum atomic E-state index is -0.157. The van der Waals surface area contributed by atoms with Gasteiger partial charge in [0.2, 0.25) is 11.8 Å². The van der Waals surface area contributed by atoms with Crippen molar-refractivity contribution in [3.8, 4) is 0 Å². The van der Waals surface area contributed by atoms with Gasteiger partial charge in [-0.1, -0.05) is 44.2 Å². The number of carbonyl (C=O) groups excluding carboxylic acids is 2. The molecule has 3 rings (SSSR count). The lowest BCUT2D eigenvalue weighted by atomic mass is 10.1. The van der Waals surface area contributed by atoms with Crippen LogP contribution in [0.4, 0.5) is 0 Å². The first-order chi connectivity index (χ1) is 12.5. The molecule has 2 aliphatic rings. The molecule has 0 unspecified atom stereocenters. The van der Waals surface area contributed by atoms with Crippen molar-refractivity contribution < 1.29 is 9.59 Å². The standard InChI is InChI=1S/C21H31N3O2/c1-17(2)15-22-10-12-23(13-11-22)21(26)19-14-20(25)24(16-19)9-8-18-6-4-3-5-7-18/h3-7,17,19H,8-16H2,1-2H3/t19-/m1/s1. The lowest BCUT2D eigenvalue weighted by Crippen LogP contribution is -2.51. The molecule has 0 saturated carbocycles. The average molecular weight is 357 g/mol. The molecule has 0 radical (unpaired) electrons. The van der Waals surface area contributed by atoms with Crippen LogP contribution in [0.3, 0.4) is 0 Å². The maximum Gasteiger partial charge on any atom is 0.228 e. The minimum absolute atomic E-state index is 0.123. The zero-order valence-electron chi connectivity index (χ0n) is 16.1. The summed E-state index contributed by atoms with van der Waals surface area (Å²) in [6, 6.07) is 10.2. The molecule has 2 fully saturated rings. The summed E-state index contributed by atoms with van der Waals surface area (Å²) in [5, 5.41) is 0. The highest BCUT2D eigenvalue weighted by Gasteiger charge is 2.37. The lowest BCUT2D eigenvalue weighted by Gasteiger charge is -2.36. The Morgan fingerprint density at radius 2 is 1.81 bits per heavy atom. The van der Waals surface area contributed by atoms with Crippen molar-refractivity contribution in [1.82, 2.24) is 14.7 Å². The van der Waals surface area contributed by atoms with E-state index < -0.39 is 0 Å². The van der Waals surface area contributed by atoms with Crippen LogP contribution in [0, 0.1) is 11.8 Å². The van der Waals surface area contributed by atoms with Gasteiger partial charge in [-0.05, 0) is 17.9 Å². The number of carbonyl (C=O) groups is 2. The van der Waals surface area contributed by atoms with E-state index >= 15 is 0 Å². The Hall–Kier alpha value is -1.88. The minimum Gasteiger partial charge on any atom is -0.342 e. The van der Waals surface area contributed by atoms with Crippen LogP contribution in [-0.4, -0.2) is 72.3 Å². The van der Waals surface area contributed by atoms with Crippen molar-refractivity contribution >= 4 is 11.8 Å². The number of amides is 2. The summed E-state index contributed by atoms with van der Waals surface area (Å²) in [4.78, 5) is 31.4. The van der Waals surface area contributed by atoms with E-state index in [9.17, 15) is 9.59 Å². The van der Waals surface area contributed by atoms with E-state index in [4.69, 9.17) is 0 Å². The Morgan fingerprint density at radius 3 is 2.46 bits per heavy atom. The van der Waals surface area contributed by atoms with Crippen LogP contribution in [0.5, 0.6) is 0 Å². The van der Waals surface area contributed by atoms with Gasteiger partial charge in [0.05, 0.1) is 5.92 Å². The summed E-state index contributed by atoms with van der Waals surface area (Å²) in [6.07, 6.45) is 1.22. The third-order valence-electron chi connectivity index (χ3n) is 5.38. The molecule has 2 heterocycles. The number of hydrogen-bond donors (Lipinski definition) is 0. The maximum absolute atomic E-state index is 12.8. The van der Waals surface area contributed by atoms with Gasteiger partial charge in [0.15, 0.2) is 0 Å². The third-order valence-corrected chi connectivity index (χ3v) is 5.38. The predicted molar refractivity (Wildman–Crippen MR) is 103 cm³/mol. The molecule has 26 heavy (non-hydrogen) atoms. The van der Waals surface area contributed by atoms with Crippen molar-refractivity contribution in [3.63, 3.8) is 0 Å². The summed E-state index contributed by atoms with van der Waals surface area (Å²) in [6.45, 7) is 10.3. The van der Waals surface area contributed by atoms with Gasteiger partial charge >= 0.3 is 0 Å². The first kappa shape index (κ1) is 18.9. The highest BCUT2D eigenvalue weighted by atomic mass is 16.2. The number of nitrogens with zero attached hydrogens (tertiary/aromatic N) is 3. The summed E-state index contributed by atoms with van der Waals surface area (Å²) < 4.78 is 0. The fourth-order valence-corrected chi connectivity index (χ4v) is 3.99. The van der Waals surface area contributed by atoms with Crippen LogP contribution in [-0.2, 0) is 16.0 Å². The van der Waals surface area contributed by atoms with Gasteiger partial charge in [0.25, 0.3) is 0 Å². The lowest BCUT2D eigenvalue weighted by molar-refractivity contribution is -0.137. The summed E-state index contributed by atoms with van der Waals surface area (Å²) in [7, 11) is 0. The fraction of sp³-hybridized carbons (Fsp3) is 0.619. The Morgan fingerprint density at radius 1 is 1.12 bits per heavy atom. The molecule has 0 bridgehead atoms. The van der Waals surface area contributed by atoms with Gasteiger partial charge in [0.1, 0.15) is 0 Å². The van der Waals surface area contributed by atoms with E-state index in [0.29, 0.717) is 25.4 Å².